The van der Waals surface area contributed by atoms with Crippen LogP contribution < -0.4 is 5.73 Å². The fourth-order valence-electron chi connectivity index (χ4n) is 1.64. The number of carbonyl (C=O) groups is 1. The Labute approximate surface area is 96.8 Å². The molecule has 1 aliphatic heterocycles. The minimum absolute atomic E-state index is 0.140. The minimum Gasteiger partial charge on any atom is -0.339 e. The number of nitrogens with two attached hydrogens (primary N) is 1. The van der Waals surface area contributed by atoms with Gasteiger partial charge in [0.2, 0.25) is 5.91 Å². The second kappa shape index (κ2) is 4.74. The maximum absolute atomic E-state index is 11.6. The molecule has 1 aliphatic rings. The average molecular weight is 230 g/mol. The van der Waals surface area contributed by atoms with E-state index in [1.54, 1.807) is 0 Å². The lowest BCUT2D eigenvalue weighted by Gasteiger charge is -2.22. The first-order valence-electron chi connectivity index (χ1n) is 5.49. The van der Waals surface area contributed by atoms with Crippen molar-refractivity contribution in [1.82, 2.24) is 4.90 Å². The van der Waals surface area contributed by atoms with Gasteiger partial charge in [-0.05, 0) is 27.7 Å². The molecule has 0 aromatic carbocycles. The van der Waals surface area contributed by atoms with E-state index in [1.807, 2.05) is 30.5 Å². The zero-order valence-electron chi connectivity index (χ0n) is 10.1. The maximum Gasteiger partial charge on any atom is 0.224 e. The first kappa shape index (κ1) is 12.8. The van der Waals surface area contributed by atoms with Crippen molar-refractivity contribution in [2.24, 2.45) is 5.73 Å². The summed E-state index contributed by atoms with van der Waals surface area (Å²) in [5, 5.41) is 0.433. The lowest BCUT2D eigenvalue weighted by Crippen LogP contribution is -2.36. The van der Waals surface area contributed by atoms with E-state index in [0.29, 0.717) is 17.7 Å². The summed E-state index contributed by atoms with van der Waals surface area (Å²) < 4.78 is 0. The van der Waals surface area contributed by atoms with Crippen LogP contribution in [0.15, 0.2) is 0 Å². The van der Waals surface area contributed by atoms with E-state index in [9.17, 15) is 4.79 Å². The standard InChI is InChI=1S/C11H22N2OS/c1-8(2)13-6-9(5-10(13)14)15-7-11(3,4)12/h8-9H,5-7,12H2,1-4H3. The summed E-state index contributed by atoms with van der Waals surface area (Å²) >= 11 is 1.83. The van der Waals surface area contributed by atoms with E-state index >= 15 is 0 Å². The lowest BCUT2D eigenvalue weighted by molar-refractivity contribution is -0.129. The first-order chi connectivity index (χ1) is 6.79. The summed E-state index contributed by atoms with van der Waals surface area (Å²) in [4.78, 5) is 13.6. The molecule has 1 unspecified atom stereocenters. The SMILES string of the molecule is CC(C)N1CC(SCC(C)(C)N)CC1=O. The monoisotopic (exact) mass is 230 g/mol. The third-order valence-electron chi connectivity index (χ3n) is 2.44. The highest BCUT2D eigenvalue weighted by Gasteiger charge is 2.31. The summed E-state index contributed by atoms with van der Waals surface area (Å²) in [6, 6.07) is 0.328. The van der Waals surface area contributed by atoms with Crippen LogP contribution in [0.4, 0.5) is 0 Å². The second-order valence-corrected chi connectivity index (χ2v) is 6.55. The van der Waals surface area contributed by atoms with Crippen molar-refractivity contribution in [3.05, 3.63) is 0 Å². The van der Waals surface area contributed by atoms with E-state index in [2.05, 4.69) is 13.8 Å². The van der Waals surface area contributed by atoms with Crippen molar-refractivity contribution < 1.29 is 4.79 Å². The van der Waals surface area contributed by atoms with Crippen LogP contribution in [0.5, 0.6) is 0 Å². The number of hydrogen-bond donors (Lipinski definition) is 1. The molecule has 0 aliphatic carbocycles. The van der Waals surface area contributed by atoms with E-state index in [1.165, 1.54) is 0 Å². The molecule has 1 amide bonds. The van der Waals surface area contributed by atoms with Gasteiger partial charge in [-0.2, -0.15) is 11.8 Å². The van der Waals surface area contributed by atoms with Crippen LogP contribution in [0.3, 0.4) is 0 Å². The van der Waals surface area contributed by atoms with Gasteiger partial charge in [0.25, 0.3) is 0 Å². The second-order valence-electron chi connectivity index (χ2n) is 5.27. The molecule has 4 heteroatoms. The number of rotatable bonds is 4. The number of amides is 1. The molecular formula is C11H22N2OS. The van der Waals surface area contributed by atoms with E-state index < -0.39 is 0 Å². The Morgan fingerprint density at radius 1 is 1.60 bits per heavy atom. The summed E-state index contributed by atoms with van der Waals surface area (Å²) in [6.45, 7) is 9.07. The van der Waals surface area contributed by atoms with E-state index in [0.717, 1.165) is 12.3 Å². The highest BCUT2D eigenvalue weighted by atomic mass is 32.2. The number of carbonyl (C=O) groups excluding carboxylic acids is 1. The molecule has 0 aromatic rings. The highest BCUT2D eigenvalue weighted by Crippen LogP contribution is 2.26. The molecule has 0 saturated carbocycles. The van der Waals surface area contributed by atoms with Crippen LogP contribution in [0.2, 0.25) is 0 Å². The third kappa shape index (κ3) is 4.03. The first-order valence-corrected chi connectivity index (χ1v) is 6.54. The van der Waals surface area contributed by atoms with Gasteiger partial charge in [0, 0.05) is 35.5 Å². The Kier molecular flexibility index (Phi) is 4.06. The van der Waals surface area contributed by atoms with Crippen molar-refractivity contribution in [2.45, 2.75) is 50.9 Å². The predicted molar refractivity (Wildman–Crippen MR) is 66.0 cm³/mol. The van der Waals surface area contributed by atoms with Crippen LogP contribution in [0, 0.1) is 0 Å². The van der Waals surface area contributed by atoms with Gasteiger partial charge in [-0.15, -0.1) is 0 Å². The molecule has 88 valence electrons. The van der Waals surface area contributed by atoms with Crippen molar-refractivity contribution in [3.8, 4) is 0 Å². The third-order valence-corrected chi connectivity index (χ3v) is 4.14. The topological polar surface area (TPSA) is 46.3 Å². The molecule has 0 aromatic heterocycles. The fourth-order valence-corrected chi connectivity index (χ4v) is 2.83. The van der Waals surface area contributed by atoms with E-state index in [4.69, 9.17) is 5.73 Å². The molecule has 1 atom stereocenters. The maximum atomic E-state index is 11.6. The van der Waals surface area contributed by atoms with Gasteiger partial charge < -0.3 is 10.6 Å². The predicted octanol–water partition coefficient (Wildman–Crippen LogP) is 1.47. The number of thioether (sulfide) groups is 1. The molecule has 0 radical (unpaired) electrons. The average Bonchev–Trinajstić information content (AvgIpc) is 2.42. The molecule has 1 heterocycles. The summed E-state index contributed by atoms with van der Waals surface area (Å²) in [6.07, 6.45) is 0.679. The number of likely N-dealkylation sites (tertiary alicyclic amines) is 1. The van der Waals surface area contributed by atoms with Crippen LogP contribution in [0.25, 0.3) is 0 Å². The van der Waals surface area contributed by atoms with Crippen LogP contribution in [0.1, 0.15) is 34.1 Å². The number of nitrogens with zero attached hydrogens (tertiary/aromatic N) is 1. The van der Waals surface area contributed by atoms with Crippen molar-refractivity contribution in [2.75, 3.05) is 12.3 Å². The Bertz CT molecular complexity index is 235. The summed E-state index contributed by atoms with van der Waals surface area (Å²) in [5.41, 5.74) is 5.78. The van der Waals surface area contributed by atoms with Gasteiger partial charge in [-0.3, -0.25) is 4.79 Å². The molecule has 1 saturated heterocycles. The zero-order chi connectivity index (χ0) is 11.6. The van der Waals surface area contributed by atoms with Gasteiger partial charge in [0.1, 0.15) is 0 Å². The number of hydrogen-bond acceptors (Lipinski definition) is 3. The molecule has 1 rings (SSSR count). The van der Waals surface area contributed by atoms with Crippen molar-refractivity contribution >= 4 is 17.7 Å². The Hall–Kier alpha value is -0.220. The Morgan fingerprint density at radius 2 is 2.20 bits per heavy atom. The normalized spacial score (nSPS) is 22.9. The highest BCUT2D eigenvalue weighted by molar-refractivity contribution is 8.00. The molecule has 0 bridgehead atoms. The molecule has 0 spiro atoms. The zero-order valence-corrected chi connectivity index (χ0v) is 10.9. The molecular weight excluding hydrogens is 208 g/mol. The quantitative estimate of drug-likeness (QED) is 0.795. The van der Waals surface area contributed by atoms with Gasteiger partial charge in [-0.25, -0.2) is 0 Å². The molecule has 1 fully saturated rings. The lowest BCUT2D eigenvalue weighted by atomic mass is 10.1. The van der Waals surface area contributed by atoms with Crippen LogP contribution in [-0.4, -0.2) is 39.9 Å². The smallest absolute Gasteiger partial charge is 0.224 e. The van der Waals surface area contributed by atoms with Gasteiger partial charge in [-0.1, -0.05) is 0 Å². The van der Waals surface area contributed by atoms with Gasteiger partial charge >= 0.3 is 0 Å². The molecule has 3 nitrogen and oxygen atoms in total. The minimum atomic E-state index is -0.140. The Morgan fingerprint density at radius 3 is 2.60 bits per heavy atom. The van der Waals surface area contributed by atoms with E-state index in [-0.39, 0.29) is 11.4 Å². The summed E-state index contributed by atoms with van der Waals surface area (Å²) in [5.74, 6) is 1.20. The van der Waals surface area contributed by atoms with Crippen LogP contribution in [-0.2, 0) is 4.79 Å². The van der Waals surface area contributed by atoms with Crippen molar-refractivity contribution in [3.63, 3.8) is 0 Å². The summed E-state index contributed by atoms with van der Waals surface area (Å²) in [7, 11) is 0. The largest absolute Gasteiger partial charge is 0.339 e. The van der Waals surface area contributed by atoms with Gasteiger partial charge in [0.05, 0.1) is 0 Å². The fraction of sp³-hybridized carbons (Fsp3) is 0.909. The van der Waals surface area contributed by atoms with Crippen molar-refractivity contribution in [1.29, 1.82) is 0 Å². The Balaban J connectivity index is 2.39. The molecule has 15 heavy (non-hydrogen) atoms. The molecule has 2 N–H and O–H groups in total. The van der Waals surface area contributed by atoms with Crippen LogP contribution >= 0.6 is 11.8 Å². The van der Waals surface area contributed by atoms with Gasteiger partial charge in [0.15, 0.2) is 0 Å².